The van der Waals surface area contributed by atoms with Crippen molar-refractivity contribution in [1.29, 1.82) is 0 Å². The molecule has 19 heavy (non-hydrogen) atoms. The summed E-state index contributed by atoms with van der Waals surface area (Å²) in [5.74, 6) is 0. The van der Waals surface area contributed by atoms with Crippen LogP contribution in [-0.2, 0) is 5.41 Å². The van der Waals surface area contributed by atoms with Gasteiger partial charge in [-0.1, -0.05) is 49.6 Å². The van der Waals surface area contributed by atoms with E-state index in [0.717, 1.165) is 0 Å². The molecule has 1 heteroatoms. The van der Waals surface area contributed by atoms with Crippen LogP contribution in [0, 0.1) is 3.57 Å². The molecule has 0 heterocycles. The molecule has 2 aliphatic carbocycles. The Morgan fingerprint density at radius 1 is 0.789 bits per heavy atom. The molecule has 0 aromatic heterocycles. The van der Waals surface area contributed by atoms with E-state index in [1.807, 2.05) is 0 Å². The molecule has 0 radical (unpaired) electrons. The fraction of sp³-hybridized carbons (Fsp3) is 0.333. The van der Waals surface area contributed by atoms with Gasteiger partial charge in [-0.2, -0.15) is 0 Å². The van der Waals surface area contributed by atoms with Crippen molar-refractivity contribution in [1.82, 2.24) is 0 Å². The number of rotatable bonds is 0. The smallest absolute Gasteiger partial charge is 0.0215 e. The third-order valence-corrected chi connectivity index (χ3v) is 5.61. The van der Waals surface area contributed by atoms with Crippen LogP contribution in [0.2, 0.25) is 0 Å². The van der Waals surface area contributed by atoms with Crippen LogP contribution in [0.25, 0.3) is 11.1 Å². The molecule has 1 saturated carbocycles. The van der Waals surface area contributed by atoms with Crippen molar-refractivity contribution in [3.05, 3.63) is 57.2 Å². The van der Waals surface area contributed by atoms with E-state index < -0.39 is 0 Å². The van der Waals surface area contributed by atoms with Crippen molar-refractivity contribution in [2.45, 2.75) is 37.5 Å². The molecule has 0 nitrogen and oxygen atoms in total. The quantitative estimate of drug-likeness (QED) is 0.543. The van der Waals surface area contributed by atoms with Crippen LogP contribution in [0.4, 0.5) is 0 Å². The van der Waals surface area contributed by atoms with Crippen LogP contribution in [0.1, 0.15) is 43.2 Å². The molecule has 2 aromatic rings. The molecule has 4 rings (SSSR count). The monoisotopic (exact) mass is 360 g/mol. The molecule has 0 atom stereocenters. The summed E-state index contributed by atoms with van der Waals surface area (Å²) < 4.78 is 1.35. The predicted molar refractivity (Wildman–Crippen MR) is 88.5 cm³/mol. The minimum absolute atomic E-state index is 0.328. The minimum Gasteiger partial charge on any atom is -0.0619 e. The molecule has 0 amide bonds. The summed E-state index contributed by atoms with van der Waals surface area (Å²) in [6, 6.07) is 16.1. The summed E-state index contributed by atoms with van der Waals surface area (Å²) in [5.41, 5.74) is 6.48. The van der Waals surface area contributed by atoms with Gasteiger partial charge in [0.25, 0.3) is 0 Å². The van der Waals surface area contributed by atoms with Crippen molar-refractivity contribution >= 4 is 22.6 Å². The normalized spacial score (nSPS) is 19.2. The van der Waals surface area contributed by atoms with E-state index in [9.17, 15) is 0 Å². The van der Waals surface area contributed by atoms with Gasteiger partial charge in [0.1, 0.15) is 0 Å². The Balaban J connectivity index is 2.03. The zero-order valence-electron chi connectivity index (χ0n) is 11.0. The van der Waals surface area contributed by atoms with E-state index in [1.165, 1.54) is 46.8 Å². The van der Waals surface area contributed by atoms with Gasteiger partial charge in [0.15, 0.2) is 0 Å². The SMILES string of the molecule is Ic1ccc2c(c1)-c1ccccc1C21CCCCC1. The Hall–Kier alpha value is -0.830. The fourth-order valence-electron chi connectivity index (χ4n) is 4.13. The first-order valence-corrected chi connectivity index (χ1v) is 8.29. The summed E-state index contributed by atoms with van der Waals surface area (Å²) in [6.07, 6.45) is 6.82. The Morgan fingerprint density at radius 2 is 1.53 bits per heavy atom. The number of halogens is 1. The summed E-state index contributed by atoms with van der Waals surface area (Å²) in [4.78, 5) is 0. The Bertz CT molecular complexity index is 636. The zero-order chi connectivity index (χ0) is 12.9. The summed E-state index contributed by atoms with van der Waals surface area (Å²) in [5, 5.41) is 0. The maximum atomic E-state index is 2.43. The predicted octanol–water partition coefficient (Wildman–Crippen LogP) is 5.52. The molecule has 0 saturated heterocycles. The maximum absolute atomic E-state index is 2.43. The first-order chi connectivity index (χ1) is 9.31. The standard InChI is InChI=1S/C18H17I/c19-13-8-9-17-15(12-13)14-6-2-3-7-16(14)18(17)10-4-1-5-11-18/h2-3,6-9,12H,1,4-5,10-11H2. The highest BCUT2D eigenvalue weighted by Gasteiger charge is 2.43. The van der Waals surface area contributed by atoms with Gasteiger partial charge >= 0.3 is 0 Å². The topological polar surface area (TPSA) is 0 Å². The summed E-state index contributed by atoms with van der Waals surface area (Å²) >= 11 is 2.43. The van der Waals surface area contributed by atoms with Crippen LogP contribution in [0.5, 0.6) is 0 Å². The van der Waals surface area contributed by atoms with Gasteiger partial charge in [-0.3, -0.25) is 0 Å². The lowest BCUT2D eigenvalue weighted by Crippen LogP contribution is -2.27. The highest BCUT2D eigenvalue weighted by atomic mass is 127. The van der Waals surface area contributed by atoms with Crippen LogP contribution in [0.3, 0.4) is 0 Å². The van der Waals surface area contributed by atoms with Crippen molar-refractivity contribution < 1.29 is 0 Å². The molecule has 0 N–H and O–H groups in total. The van der Waals surface area contributed by atoms with Crippen LogP contribution in [-0.4, -0.2) is 0 Å². The second-order valence-corrected chi connectivity index (χ2v) is 7.12. The Kier molecular flexibility index (Phi) is 2.73. The van der Waals surface area contributed by atoms with Gasteiger partial charge in [-0.25, -0.2) is 0 Å². The van der Waals surface area contributed by atoms with Gasteiger partial charge in [0.05, 0.1) is 0 Å². The first kappa shape index (κ1) is 12.0. The van der Waals surface area contributed by atoms with Gasteiger partial charge in [-0.05, 0) is 69.8 Å². The van der Waals surface area contributed by atoms with Crippen molar-refractivity contribution in [3.63, 3.8) is 0 Å². The zero-order valence-corrected chi connectivity index (χ0v) is 13.1. The number of hydrogen-bond acceptors (Lipinski definition) is 0. The largest absolute Gasteiger partial charge is 0.0619 e. The second kappa shape index (κ2) is 4.34. The van der Waals surface area contributed by atoms with Crippen LogP contribution >= 0.6 is 22.6 Å². The third kappa shape index (κ3) is 1.63. The van der Waals surface area contributed by atoms with Crippen LogP contribution in [0.15, 0.2) is 42.5 Å². The fourth-order valence-corrected chi connectivity index (χ4v) is 4.62. The molecule has 2 aliphatic rings. The summed E-state index contributed by atoms with van der Waals surface area (Å²) in [6.45, 7) is 0. The van der Waals surface area contributed by atoms with E-state index in [2.05, 4.69) is 65.1 Å². The van der Waals surface area contributed by atoms with Crippen LogP contribution < -0.4 is 0 Å². The van der Waals surface area contributed by atoms with E-state index in [-0.39, 0.29) is 0 Å². The molecule has 0 aliphatic heterocycles. The molecule has 1 fully saturated rings. The lowest BCUT2D eigenvalue weighted by molar-refractivity contribution is 0.353. The Labute approximate surface area is 128 Å². The minimum atomic E-state index is 0.328. The van der Waals surface area contributed by atoms with Crippen molar-refractivity contribution in [2.24, 2.45) is 0 Å². The van der Waals surface area contributed by atoms with E-state index >= 15 is 0 Å². The van der Waals surface area contributed by atoms with E-state index in [1.54, 1.807) is 11.1 Å². The maximum Gasteiger partial charge on any atom is 0.0215 e. The van der Waals surface area contributed by atoms with Crippen molar-refractivity contribution in [2.75, 3.05) is 0 Å². The summed E-state index contributed by atoms with van der Waals surface area (Å²) in [7, 11) is 0. The van der Waals surface area contributed by atoms with E-state index in [0.29, 0.717) is 5.41 Å². The third-order valence-electron chi connectivity index (χ3n) is 4.94. The van der Waals surface area contributed by atoms with E-state index in [4.69, 9.17) is 0 Å². The lowest BCUT2D eigenvalue weighted by atomic mass is 9.68. The molecule has 1 spiro atoms. The molecule has 0 unspecified atom stereocenters. The number of hydrogen-bond donors (Lipinski definition) is 0. The van der Waals surface area contributed by atoms with Gasteiger partial charge in [-0.15, -0.1) is 0 Å². The number of benzene rings is 2. The molecular weight excluding hydrogens is 343 g/mol. The van der Waals surface area contributed by atoms with Gasteiger partial charge < -0.3 is 0 Å². The molecule has 96 valence electrons. The highest BCUT2D eigenvalue weighted by Crippen LogP contribution is 2.55. The molecule has 2 aromatic carbocycles. The molecular formula is C18H17I. The number of fused-ring (bicyclic) bond motifs is 5. The average molecular weight is 360 g/mol. The Morgan fingerprint density at radius 3 is 2.37 bits per heavy atom. The molecule has 0 bridgehead atoms. The van der Waals surface area contributed by atoms with Gasteiger partial charge in [0, 0.05) is 8.99 Å². The van der Waals surface area contributed by atoms with Gasteiger partial charge in [0.2, 0.25) is 0 Å². The lowest BCUT2D eigenvalue weighted by Gasteiger charge is -2.35. The highest BCUT2D eigenvalue weighted by molar-refractivity contribution is 14.1. The second-order valence-electron chi connectivity index (χ2n) is 5.88. The first-order valence-electron chi connectivity index (χ1n) is 7.21. The average Bonchev–Trinajstić information content (AvgIpc) is 2.71. The van der Waals surface area contributed by atoms with Crippen molar-refractivity contribution in [3.8, 4) is 11.1 Å².